The second-order valence-corrected chi connectivity index (χ2v) is 14.0. The van der Waals surface area contributed by atoms with Gasteiger partial charge in [-0.1, -0.05) is 18.2 Å². The molecule has 0 radical (unpaired) electrons. The van der Waals surface area contributed by atoms with E-state index in [4.69, 9.17) is 0 Å². The third-order valence-electron chi connectivity index (χ3n) is 8.92. The van der Waals surface area contributed by atoms with Crippen LogP contribution in [0.3, 0.4) is 0 Å². The van der Waals surface area contributed by atoms with Crippen molar-refractivity contribution >= 4 is 72.4 Å². The van der Waals surface area contributed by atoms with Gasteiger partial charge in [0.05, 0.1) is 0 Å². The summed E-state index contributed by atoms with van der Waals surface area (Å²) in [5.41, 5.74) is 5.96. The van der Waals surface area contributed by atoms with Crippen LogP contribution in [0.5, 0.6) is 0 Å². The van der Waals surface area contributed by atoms with Gasteiger partial charge in [0, 0.05) is 0 Å². The Kier molecular flexibility index (Phi) is 6.22. The number of nitrogens with zero attached hydrogens (tertiary/aromatic N) is 1. The zero-order valence-electron chi connectivity index (χ0n) is 24.3. The molecule has 2 heteroatoms. The fourth-order valence-electron chi connectivity index (χ4n) is 6.53. The molecule has 0 fully saturated rings. The van der Waals surface area contributed by atoms with Crippen molar-refractivity contribution in [1.29, 1.82) is 0 Å². The first-order chi connectivity index (χ1) is 21.1. The zero-order valence-corrected chi connectivity index (χ0v) is 26.0. The van der Waals surface area contributed by atoms with E-state index < -0.39 is 0 Å². The minimum atomic E-state index is -0.128. The van der Waals surface area contributed by atoms with Gasteiger partial charge in [-0.05, 0) is 0 Å². The van der Waals surface area contributed by atoms with E-state index in [1.54, 1.807) is 0 Å². The Labute approximate surface area is 258 Å². The SMILES string of the molecule is CC(C)(c1ccccc1)c1cccc(N(c2ccccc2)c2ccc3ccc4ccc5c6ccccc6[se]c5c4c3c2)c1. The predicted molar refractivity (Wildman–Crippen MR) is 187 cm³/mol. The van der Waals surface area contributed by atoms with Gasteiger partial charge in [0.2, 0.25) is 0 Å². The number of para-hydroxylation sites is 1. The summed E-state index contributed by atoms with van der Waals surface area (Å²) in [4.78, 5) is 2.41. The number of benzene rings is 7. The molecule has 1 aromatic heterocycles. The molecule has 0 aliphatic carbocycles. The molecule has 1 nitrogen and oxygen atoms in total. The summed E-state index contributed by atoms with van der Waals surface area (Å²) in [6, 6.07) is 55.8. The summed E-state index contributed by atoms with van der Waals surface area (Å²) in [5, 5.41) is 8.12. The van der Waals surface area contributed by atoms with Crippen molar-refractivity contribution in [2.24, 2.45) is 0 Å². The van der Waals surface area contributed by atoms with Crippen molar-refractivity contribution in [3.63, 3.8) is 0 Å². The molecule has 0 saturated carbocycles. The molecule has 1 heterocycles. The van der Waals surface area contributed by atoms with Crippen LogP contribution in [0.1, 0.15) is 25.0 Å². The van der Waals surface area contributed by atoms with Crippen LogP contribution >= 0.6 is 0 Å². The van der Waals surface area contributed by atoms with Gasteiger partial charge in [0.25, 0.3) is 0 Å². The van der Waals surface area contributed by atoms with Crippen LogP contribution in [-0.4, -0.2) is 14.5 Å². The van der Waals surface area contributed by atoms with Gasteiger partial charge < -0.3 is 0 Å². The Morgan fingerprint density at radius 1 is 0.465 bits per heavy atom. The Morgan fingerprint density at radius 3 is 1.93 bits per heavy atom. The van der Waals surface area contributed by atoms with Crippen molar-refractivity contribution < 1.29 is 0 Å². The molecule has 0 bridgehead atoms. The fraction of sp³-hybridized carbons (Fsp3) is 0.0732. The van der Waals surface area contributed by atoms with Gasteiger partial charge in [-0.2, -0.15) is 0 Å². The van der Waals surface area contributed by atoms with Crippen molar-refractivity contribution in [3.05, 3.63) is 163 Å². The van der Waals surface area contributed by atoms with Crippen LogP contribution in [0.25, 0.3) is 40.8 Å². The van der Waals surface area contributed by atoms with Gasteiger partial charge in [-0.15, -0.1) is 0 Å². The number of hydrogen-bond donors (Lipinski definition) is 0. The number of hydrogen-bond acceptors (Lipinski definition) is 1. The standard InChI is InChI=1S/C41H31NSe/c1-41(2,30-12-5-3-6-13-30)31-14-11-17-33(26-31)42(32-15-7-4-8-16-32)34-24-22-28-20-21-29-23-25-36-35-18-9-10-19-38(35)43-40(36)39(29)37(28)27-34/h3-27H,1-2H3. The molecular weight excluding hydrogens is 585 g/mol. The molecule has 0 aliphatic rings. The van der Waals surface area contributed by atoms with Gasteiger partial charge in [-0.3, -0.25) is 0 Å². The first-order valence-corrected chi connectivity index (χ1v) is 16.6. The molecule has 0 N–H and O–H groups in total. The second-order valence-electron chi connectivity index (χ2n) is 11.8. The summed E-state index contributed by atoms with van der Waals surface area (Å²) in [7, 11) is 0. The van der Waals surface area contributed by atoms with Gasteiger partial charge >= 0.3 is 241 Å². The zero-order chi connectivity index (χ0) is 29.0. The Hall–Kier alpha value is -4.62. The van der Waals surface area contributed by atoms with Crippen molar-refractivity contribution in [3.8, 4) is 0 Å². The fourth-order valence-corrected chi connectivity index (χ4v) is 9.19. The van der Waals surface area contributed by atoms with Crippen LogP contribution in [0.2, 0.25) is 0 Å². The van der Waals surface area contributed by atoms with E-state index in [2.05, 4.69) is 170 Å². The maximum atomic E-state index is 2.42. The van der Waals surface area contributed by atoms with E-state index in [1.165, 1.54) is 57.7 Å². The summed E-state index contributed by atoms with van der Waals surface area (Å²) in [6.07, 6.45) is 0. The van der Waals surface area contributed by atoms with Gasteiger partial charge in [-0.25, -0.2) is 0 Å². The van der Waals surface area contributed by atoms with E-state index in [1.807, 2.05) is 0 Å². The van der Waals surface area contributed by atoms with Crippen molar-refractivity contribution in [1.82, 2.24) is 0 Å². The van der Waals surface area contributed by atoms with E-state index >= 15 is 0 Å². The summed E-state index contributed by atoms with van der Waals surface area (Å²) in [5.74, 6) is 0. The number of rotatable bonds is 5. The van der Waals surface area contributed by atoms with E-state index in [0.29, 0.717) is 0 Å². The molecule has 8 rings (SSSR count). The molecule has 0 amide bonds. The monoisotopic (exact) mass is 617 g/mol. The third kappa shape index (κ3) is 4.38. The molecule has 7 aromatic carbocycles. The van der Waals surface area contributed by atoms with Crippen molar-refractivity contribution in [2.45, 2.75) is 19.3 Å². The second kappa shape index (κ2) is 10.3. The van der Waals surface area contributed by atoms with Crippen LogP contribution < -0.4 is 4.90 Å². The molecule has 0 unspecified atom stereocenters. The van der Waals surface area contributed by atoms with E-state index in [0.717, 1.165) is 11.4 Å². The first kappa shape index (κ1) is 26.0. The summed E-state index contributed by atoms with van der Waals surface area (Å²) >= 11 is 0.284. The Morgan fingerprint density at radius 2 is 1.09 bits per heavy atom. The maximum absolute atomic E-state index is 2.42. The first-order valence-electron chi connectivity index (χ1n) is 14.9. The van der Waals surface area contributed by atoms with Gasteiger partial charge in [0.1, 0.15) is 0 Å². The molecule has 43 heavy (non-hydrogen) atoms. The van der Waals surface area contributed by atoms with Crippen LogP contribution in [0.4, 0.5) is 17.1 Å². The summed E-state index contributed by atoms with van der Waals surface area (Å²) < 4.78 is 2.99. The molecule has 0 spiro atoms. The van der Waals surface area contributed by atoms with Gasteiger partial charge in [0.15, 0.2) is 0 Å². The molecular formula is C41H31NSe. The van der Waals surface area contributed by atoms with Crippen LogP contribution in [-0.2, 0) is 5.41 Å². The van der Waals surface area contributed by atoms with Crippen molar-refractivity contribution in [2.75, 3.05) is 4.90 Å². The third-order valence-corrected chi connectivity index (χ3v) is 11.4. The topological polar surface area (TPSA) is 3.24 Å². The Balaban J connectivity index is 1.36. The normalized spacial score (nSPS) is 12.0. The molecule has 0 saturated heterocycles. The van der Waals surface area contributed by atoms with Crippen LogP contribution in [0.15, 0.2) is 152 Å². The average Bonchev–Trinajstić information content (AvgIpc) is 3.45. The Bertz CT molecular complexity index is 2260. The molecule has 0 aliphatic heterocycles. The quantitative estimate of drug-likeness (QED) is 0.137. The molecule has 0 atom stereocenters. The number of anilines is 3. The van der Waals surface area contributed by atoms with E-state index in [-0.39, 0.29) is 19.9 Å². The van der Waals surface area contributed by atoms with E-state index in [9.17, 15) is 0 Å². The molecule has 8 aromatic rings. The molecule has 206 valence electrons. The average molecular weight is 617 g/mol. The van der Waals surface area contributed by atoms with Crippen LogP contribution in [0, 0.1) is 0 Å². The summed E-state index contributed by atoms with van der Waals surface area (Å²) in [6.45, 7) is 4.63. The predicted octanol–water partition coefficient (Wildman–Crippen LogP) is 11.2. The minimum absolute atomic E-state index is 0.128. The number of fused-ring (bicyclic) bond motifs is 7.